The standard InChI is InChI=1S/C14H12F3NO4/c15-14(16,17)22-9-3-1-8(2-4-9)11-5-6-12(21-11)10(18)7-13(19)20/h1-6,10H,7,18H2,(H,19,20). The fourth-order valence-electron chi connectivity index (χ4n) is 1.82. The van der Waals surface area contributed by atoms with Crippen LogP contribution in [0.15, 0.2) is 40.8 Å². The zero-order chi connectivity index (χ0) is 16.3. The van der Waals surface area contributed by atoms with Crippen molar-refractivity contribution in [2.45, 2.75) is 18.8 Å². The molecule has 0 spiro atoms. The van der Waals surface area contributed by atoms with E-state index < -0.39 is 18.4 Å². The number of alkyl halides is 3. The van der Waals surface area contributed by atoms with Crippen molar-refractivity contribution in [2.24, 2.45) is 5.73 Å². The lowest BCUT2D eigenvalue weighted by atomic mass is 10.1. The van der Waals surface area contributed by atoms with Crippen molar-refractivity contribution in [1.29, 1.82) is 0 Å². The van der Waals surface area contributed by atoms with Crippen LogP contribution in [0.2, 0.25) is 0 Å². The molecule has 2 rings (SSSR count). The molecular formula is C14H12F3NO4. The predicted octanol–water partition coefficient (Wildman–Crippen LogP) is 3.32. The van der Waals surface area contributed by atoms with E-state index in [4.69, 9.17) is 15.3 Å². The molecule has 118 valence electrons. The van der Waals surface area contributed by atoms with Gasteiger partial charge in [0, 0.05) is 5.56 Å². The molecule has 1 heterocycles. The number of aliphatic carboxylic acids is 1. The third-order valence-electron chi connectivity index (χ3n) is 2.76. The summed E-state index contributed by atoms with van der Waals surface area (Å²) in [5, 5.41) is 8.66. The Labute approximate surface area is 123 Å². The Kier molecular flexibility index (Phi) is 4.41. The molecule has 1 atom stereocenters. The second-order valence-corrected chi connectivity index (χ2v) is 4.48. The molecule has 0 amide bonds. The molecule has 1 aromatic heterocycles. The highest BCUT2D eigenvalue weighted by Crippen LogP contribution is 2.29. The minimum atomic E-state index is -4.75. The van der Waals surface area contributed by atoms with E-state index in [0.29, 0.717) is 11.3 Å². The number of carboxylic acid groups (broad SMARTS) is 1. The maximum Gasteiger partial charge on any atom is 0.573 e. The van der Waals surface area contributed by atoms with Crippen LogP contribution in [-0.2, 0) is 4.79 Å². The van der Waals surface area contributed by atoms with E-state index >= 15 is 0 Å². The first-order valence-electron chi connectivity index (χ1n) is 6.18. The summed E-state index contributed by atoms with van der Waals surface area (Å²) in [7, 11) is 0. The molecule has 1 aromatic carbocycles. The lowest BCUT2D eigenvalue weighted by Crippen LogP contribution is -2.16. The Balaban J connectivity index is 2.12. The molecule has 0 saturated carbocycles. The van der Waals surface area contributed by atoms with Gasteiger partial charge in [0.15, 0.2) is 0 Å². The van der Waals surface area contributed by atoms with E-state index in [1.165, 1.54) is 18.2 Å². The highest BCUT2D eigenvalue weighted by atomic mass is 19.4. The maximum atomic E-state index is 12.1. The average molecular weight is 315 g/mol. The number of carbonyl (C=O) groups is 1. The van der Waals surface area contributed by atoms with Crippen LogP contribution in [0.5, 0.6) is 5.75 Å². The summed E-state index contributed by atoms with van der Waals surface area (Å²) < 4.78 is 45.4. The van der Waals surface area contributed by atoms with Crippen LogP contribution in [0.3, 0.4) is 0 Å². The zero-order valence-electron chi connectivity index (χ0n) is 11.1. The second-order valence-electron chi connectivity index (χ2n) is 4.48. The van der Waals surface area contributed by atoms with Gasteiger partial charge in [-0.2, -0.15) is 0 Å². The van der Waals surface area contributed by atoms with Gasteiger partial charge < -0.3 is 20.0 Å². The topological polar surface area (TPSA) is 85.7 Å². The van der Waals surface area contributed by atoms with Crippen LogP contribution < -0.4 is 10.5 Å². The second kappa shape index (κ2) is 6.10. The summed E-state index contributed by atoms with van der Waals surface area (Å²) in [6, 6.07) is 7.40. The smallest absolute Gasteiger partial charge is 0.481 e. The normalized spacial score (nSPS) is 12.9. The van der Waals surface area contributed by atoms with Gasteiger partial charge in [-0.3, -0.25) is 4.79 Å². The number of furan rings is 1. The molecule has 0 bridgehead atoms. The molecule has 8 heteroatoms. The van der Waals surface area contributed by atoms with Crippen LogP contribution >= 0.6 is 0 Å². The van der Waals surface area contributed by atoms with E-state index in [-0.39, 0.29) is 17.9 Å². The molecule has 0 radical (unpaired) electrons. The van der Waals surface area contributed by atoms with Crippen LogP contribution in [0, 0.1) is 0 Å². The molecule has 1 unspecified atom stereocenters. The SMILES string of the molecule is NC(CC(=O)O)c1ccc(-c2ccc(OC(F)(F)F)cc2)o1. The number of nitrogens with two attached hydrogens (primary N) is 1. The van der Waals surface area contributed by atoms with Crippen molar-refractivity contribution in [3.63, 3.8) is 0 Å². The Bertz CT molecular complexity index is 649. The Morgan fingerprint density at radius 2 is 1.86 bits per heavy atom. The first-order chi connectivity index (χ1) is 10.2. The summed E-state index contributed by atoms with van der Waals surface area (Å²) in [6.07, 6.45) is -5.03. The van der Waals surface area contributed by atoms with Crippen molar-refractivity contribution in [3.05, 3.63) is 42.2 Å². The van der Waals surface area contributed by atoms with E-state index in [1.54, 1.807) is 6.07 Å². The first-order valence-corrected chi connectivity index (χ1v) is 6.18. The fourth-order valence-corrected chi connectivity index (χ4v) is 1.82. The lowest BCUT2D eigenvalue weighted by Gasteiger charge is -2.08. The lowest BCUT2D eigenvalue weighted by molar-refractivity contribution is -0.274. The Morgan fingerprint density at radius 3 is 2.41 bits per heavy atom. The fraction of sp³-hybridized carbons (Fsp3) is 0.214. The van der Waals surface area contributed by atoms with E-state index in [0.717, 1.165) is 12.1 Å². The molecule has 22 heavy (non-hydrogen) atoms. The van der Waals surface area contributed by atoms with Gasteiger partial charge in [0.2, 0.25) is 0 Å². The molecule has 0 saturated heterocycles. The summed E-state index contributed by atoms with van der Waals surface area (Å²) in [6.45, 7) is 0. The maximum absolute atomic E-state index is 12.1. The van der Waals surface area contributed by atoms with Crippen LogP contribution in [-0.4, -0.2) is 17.4 Å². The van der Waals surface area contributed by atoms with Crippen LogP contribution in [0.4, 0.5) is 13.2 Å². The summed E-state index contributed by atoms with van der Waals surface area (Å²) in [5.41, 5.74) is 6.18. The average Bonchev–Trinajstić information content (AvgIpc) is 2.86. The van der Waals surface area contributed by atoms with Crippen molar-refractivity contribution >= 4 is 5.97 Å². The quantitative estimate of drug-likeness (QED) is 0.884. The van der Waals surface area contributed by atoms with Gasteiger partial charge in [0.25, 0.3) is 0 Å². The van der Waals surface area contributed by atoms with Gasteiger partial charge in [0.05, 0.1) is 12.5 Å². The van der Waals surface area contributed by atoms with Gasteiger partial charge in [0.1, 0.15) is 17.3 Å². The van der Waals surface area contributed by atoms with Gasteiger partial charge in [-0.15, -0.1) is 13.2 Å². The van der Waals surface area contributed by atoms with Gasteiger partial charge in [-0.05, 0) is 36.4 Å². The molecular weight excluding hydrogens is 303 g/mol. The van der Waals surface area contributed by atoms with Gasteiger partial charge in [-0.25, -0.2) is 0 Å². The van der Waals surface area contributed by atoms with Crippen molar-refractivity contribution in [2.75, 3.05) is 0 Å². The summed E-state index contributed by atoms with van der Waals surface area (Å²) in [5.74, 6) is -0.743. The van der Waals surface area contributed by atoms with E-state index in [9.17, 15) is 18.0 Å². The monoisotopic (exact) mass is 315 g/mol. The van der Waals surface area contributed by atoms with E-state index in [1.807, 2.05) is 0 Å². The molecule has 5 nitrogen and oxygen atoms in total. The number of rotatable bonds is 5. The Morgan fingerprint density at radius 1 is 1.23 bits per heavy atom. The molecule has 0 aliphatic heterocycles. The molecule has 0 aliphatic carbocycles. The third kappa shape index (κ3) is 4.26. The van der Waals surface area contributed by atoms with Gasteiger partial charge in [-0.1, -0.05) is 0 Å². The largest absolute Gasteiger partial charge is 0.573 e. The molecule has 0 aliphatic rings. The minimum Gasteiger partial charge on any atom is -0.481 e. The predicted molar refractivity (Wildman–Crippen MR) is 70.0 cm³/mol. The van der Waals surface area contributed by atoms with Crippen LogP contribution in [0.1, 0.15) is 18.2 Å². The summed E-state index contributed by atoms with van der Waals surface area (Å²) >= 11 is 0. The highest BCUT2D eigenvalue weighted by Gasteiger charge is 2.31. The first kappa shape index (κ1) is 15.9. The van der Waals surface area contributed by atoms with Crippen molar-refractivity contribution < 1.29 is 32.2 Å². The van der Waals surface area contributed by atoms with Gasteiger partial charge >= 0.3 is 12.3 Å². The van der Waals surface area contributed by atoms with Crippen LogP contribution in [0.25, 0.3) is 11.3 Å². The van der Waals surface area contributed by atoms with E-state index in [2.05, 4.69) is 4.74 Å². The number of hydrogen-bond donors (Lipinski definition) is 2. The zero-order valence-corrected chi connectivity index (χ0v) is 11.1. The number of halogens is 3. The molecule has 2 aromatic rings. The van der Waals surface area contributed by atoms with Crippen molar-refractivity contribution in [1.82, 2.24) is 0 Å². The number of hydrogen-bond acceptors (Lipinski definition) is 4. The molecule has 3 N–H and O–H groups in total. The third-order valence-corrected chi connectivity index (χ3v) is 2.76. The molecule has 0 fully saturated rings. The minimum absolute atomic E-state index is 0.285. The highest BCUT2D eigenvalue weighted by molar-refractivity contribution is 5.67. The Hall–Kier alpha value is -2.48. The number of benzene rings is 1. The van der Waals surface area contributed by atoms with Crippen molar-refractivity contribution in [3.8, 4) is 17.1 Å². The summed E-state index contributed by atoms with van der Waals surface area (Å²) in [4.78, 5) is 10.6. The number of carboxylic acids is 1. The number of ether oxygens (including phenoxy) is 1.